The lowest BCUT2D eigenvalue weighted by atomic mass is 10.0. The Labute approximate surface area is 139 Å². The fourth-order valence-corrected chi connectivity index (χ4v) is 3.68. The highest BCUT2D eigenvalue weighted by molar-refractivity contribution is 5.32. The summed E-state index contributed by atoms with van der Waals surface area (Å²) in [5, 5.41) is 17.4. The topological polar surface area (TPSA) is 50.8 Å². The monoisotopic (exact) mass is 318 g/mol. The number of para-hydroxylation sites is 1. The Balaban J connectivity index is 1.68. The van der Waals surface area contributed by atoms with Crippen LogP contribution < -0.4 is 10.6 Å². The maximum Gasteiger partial charge on any atom is 0.118 e. The summed E-state index contributed by atoms with van der Waals surface area (Å²) in [6, 6.07) is 8.66. The number of fused-ring (bicyclic) bond motifs is 3. The molecule has 2 heterocycles. The summed E-state index contributed by atoms with van der Waals surface area (Å²) in [5.74, 6) is 0.416. The lowest BCUT2D eigenvalue weighted by molar-refractivity contribution is 0.223. The number of phenolic OH excluding ortho intramolecular Hbond substituents is 1. The summed E-state index contributed by atoms with van der Waals surface area (Å²) in [4.78, 5) is 5.12. The zero-order valence-electron chi connectivity index (χ0n) is 14.2. The van der Waals surface area contributed by atoms with Gasteiger partial charge in [-0.05, 0) is 25.0 Å². The Morgan fingerprint density at radius 2 is 1.70 bits per heavy atom. The highest BCUT2D eigenvalue weighted by atomic mass is 16.3. The van der Waals surface area contributed by atoms with Crippen molar-refractivity contribution in [1.82, 2.24) is 20.4 Å². The molecule has 2 aliphatic rings. The minimum atomic E-state index is 0.389. The Bertz CT molecular complexity index is 496. The van der Waals surface area contributed by atoms with E-state index in [-0.39, 0.29) is 0 Å². The summed E-state index contributed by atoms with van der Waals surface area (Å²) in [7, 11) is 0. The molecule has 1 aromatic rings. The normalized spacial score (nSPS) is 32.9. The first-order chi connectivity index (χ1) is 11.2. The van der Waals surface area contributed by atoms with E-state index in [0.29, 0.717) is 17.8 Å². The van der Waals surface area contributed by atoms with Crippen molar-refractivity contribution in [3.05, 3.63) is 29.8 Å². The Kier molecular flexibility index (Phi) is 5.89. The molecule has 5 nitrogen and oxygen atoms in total. The van der Waals surface area contributed by atoms with Crippen LogP contribution in [0.3, 0.4) is 0 Å². The molecular weight excluding hydrogens is 288 g/mol. The van der Waals surface area contributed by atoms with Gasteiger partial charge in [0.15, 0.2) is 0 Å². The largest absolute Gasteiger partial charge is 0.508 e. The fourth-order valence-electron chi connectivity index (χ4n) is 3.68. The van der Waals surface area contributed by atoms with Crippen molar-refractivity contribution in [3.63, 3.8) is 0 Å². The first kappa shape index (κ1) is 16.7. The predicted molar refractivity (Wildman–Crippen MR) is 93.9 cm³/mol. The first-order valence-electron chi connectivity index (χ1n) is 8.89. The van der Waals surface area contributed by atoms with Gasteiger partial charge in [0.05, 0.1) is 0 Å². The fraction of sp³-hybridized carbons (Fsp3) is 0.667. The molecule has 4 atom stereocenters. The maximum absolute atomic E-state index is 10.1. The van der Waals surface area contributed by atoms with Crippen LogP contribution >= 0.6 is 0 Å². The molecule has 128 valence electrons. The van der Waals surface area contributed by atoms with Gasteiger partial charge in [0.25, 0.3) is 0 Å². The number of nitrogens with zero attached hydrogens (tertiary/aromatic N) is 2. The minimum absolute atomic E-state index is 0.389. The highest BCUT2D eigenvalue weighted by Gasteiger charge is 2.21. The van der Waals surface area contributed by atoms with Crippen LogP contribution in [0.25, 0.3) is 0 Å². The SMILES string of the molecule is CC1CN2CCNC(Cc3ccccc3O)CN(CCN1)CC2. The van der Waals surface area contributed by atoms with Crippen LogP contribution in [0.5, 0.6) is 5.75 Å². The third kappa shape index (κ3) is 4.91. The van der Waals surface area contributed by atoms with Gasteiger partial charge < -0.3 is 15.7 Å². The van der Waals surface area contributed by atoms with E-state index in [1.165, 1.54) is 0 Å². The van der Waals surface area contributed by atoms with Crippen molar-refractivity contribution >= 4 is 0 Å². The van der Waals surface area contributed by atoms with Crippen LogP contribution in [0.2, 0.25) is 0 Å². The molecule has 3 rings (SSSR count). The molecule has 0 saturated carbocycles. The summed E-state index contributed by atoms with van der Waals surface area (Å²) in [5.41, 5.74) is 1.04. The lowest BCUT2D eigenvalue weighted by Crippen LogP contribution is -2.46. The molecule has 0 spiro atoms. The number of nitrogens with one attached hydrogen (secondary N) is 2. The molecule has 4 unspecified atom stereocenters. The summed E-state index contributed by atoms with van der Waals surface area (Å²) in [6.45, 7) is 11.0. The molecule has 2 saturated heterocycles. The quantitative estimate of drug-likeness (QED) is 0.741. The second kappa shape index (κ2) is 8.11. The van der Waals surface area contributed by atoms with Crippen LogP contribution in [-0.2, 0) is 6.42 Å². The van der Waals surface area contributed by atoms with Gasteiger partial charge in [-0.2, -0.15) is 0 Å². The molecule has 3 N–H and O–H groups in total. The molecule has 0 aliphatic carbocycles. The van der Waals surface area contributed by atoms with Crippen molar-refractivity contribution in [3.8, 4) is 5.75 Å². The van der Waals surface area contributed by atoms with Crippen LogP contribution in [-0.4, -0.2) is 79.3 Å². The van der Waals surface area contributed by atoms with Gasteiger partial charge in [-0.3, -0.25) is 9.80 Å². The number of benzene rings is 1. The van der Waals surface area contributed by atoms with Crippen molar-refractivity contribution < 1.29 is 5.11 Å². The van der Waals surface area contributed by atoms with E-state index in [4.69, 9.17) is 0 Å². The second-order valence-corrected chi connectivity index (χ2v) is 6.94. The van der Waals surface area contributed by atoms with E-state index in [2.05, 4.69) is 27.4 Å². The predicted octanol–water partition coefficient (Wildman–Crippen LogP) is 0.502. The molecule has 0 amide bonds. The van der Waals surface area contributed by atoms with Gasteiger partial charge in [0, 0.05) is 64.4 Å². The van der Waals surface area contributed by atoms with Gasteiger partial charge in [-0.15, -0.1) is 0 Å². The molecule has 1 aromatic carbocycles. The summed E-state index contributed by atoms with van der Waals surface area (Å²) >= 11 is 0. The number of hydrogen-bond donors (Lipinski definition) is 3. The number of rotatable bonds is 2. The lowest BCUT2D eigenvalue weighted by Gasteiger charge is -2.27. The van der Waals surface area contributed by atoms with Gasteiger partial charge >= 0.3 is 0 Å². The van der Waals surface area contributed by atoms with Crippen LogP contribution in [0.1, 0.15) is 12.5 Å². The van der Waals surface area contributed by atoms with Gasteiger partial charge in [0.1, 0.15) is 5.75 Å². The Hall–Kier alpha value is -1.14. The average Bonchev–Trinajstić information content (AvgIpc) is 2.66. The molecule has 5 heteroatoms. The molecule has 2 bridgehead atoms. The molecular formula is C18H30N4O. The summed E-state index contributed by atoms with van der Waals surface area (Å²) in [6.07, 6.45) is 0.882. The van der Waals surface area contributed by atoms with E-state index in [1.54, 1.807) is 6.07 Å². The van der Waals surface area contributed by atoms with Gasteiger partial charge in [-0.25, -0.2) is 0 Å². The zero-order chi connectivity index (χ0) is 16.1. The van der Waals surface area contributed by atoms with Crippen molar-refractivity contribution in [1.29, 1.82) is 0 Å². The Morgan fingerprint density at radius 3 is 2.48 bits per heavy atom. The third-order valence-corrected chi connectivity index (χ3v) is 4.98. The molecule has 2 aliphatic heterocycles. The average molecular weight is 318 g/mol. The molecule has 0 aromatic heterocycles. The molecule has 23 heavy (non-hydrogen) atoms. The number of phenols is 1. The van der Waals surface area contributed by atoms with Crippen molar-refractivity contribution in [2.45, 2.75) is 25.4 Å². The van der Waals surface area contributed by atoms with Crippen molar-refractivity contribution in [2.24, 2.45) is 0 Å². The van der Waals surface area contributed by atoms with E-state index in [9.17, 15) is 5.11 Å². The summed E-state index contributed by atoms with van der Waals surface area (Å²) < 4.78 is 0. The van der Waals surface area contributed by atoms with Gasteiger partial charge in [-0.1, -0.05) is 18.2 Å². The van der Waals surface area contributed by atoms with E-state index in [1.807, 2.05) is 18.2 Å². The van der Waals surface area contributed by atoms with E-state index < -0.39 is 0 Å². The van der Waals surface area contributed by atoms with Crippen LogP contribution in [0.4, 0.5) is 0 Å². The smallest absolute Gasteiger partial charge is 0.118 e. The van der Waals surface area contributed by atoms with E-state index in [0.717, 1.165) is 64.3 Å². The van der Waals surface area contributed by atoms with Crippen molar-refractivity contribution in [2.75, 3.05) is 52.4 Å². The zero-order valence-corrected chi connectivity index (χ0v) is 14.2. The third-order valence-electron chi connectivity index (χ3n) is 4.98. The number of aromatic hydroxyl groups is 1. The highest BCUT2D eigenvalue weighted by Crippen LogP contribution is 2.18. The van der Waals surface area contributed by atoms with Crippen LogP contribution in [0, 0.1) is 0 Å². The molecule has 0 radical (unpaired) electrons. The molecule has 2 fully saturated rings. The number of hydrogen-bond acceptors (Lipinski definition) is 5. The standard InChI is InChI=1S/C18H30N4O/c1-15-13-21-9-7-20-17(12-16-4-2-3-5-18(16)23)14-22(11-10-21)8-6-19-15/h2-5,15,17,19-20,23H,6-14H2,1H3. The van der Waals surface area contributed by atoms with Gasteiger partial charge in [0.2, 0.25) is 0 Å². The second-order valence-electron chi connectivity index (χ2n) is 6.94. The van der Waals surface area contributed by atoms with Crippen LogP contribution in [0.15, 0.2) is 24.3 Å². The van der Waals surface area contributed by atoms with E-state index >= 15 is 0 Å². The minimum Gasteiger partial charge on any atom is -0.508 e. The Morgan fingerprint density at radius 1 is 1.00 bits per heavy atom. The maximum atomic E-state index is 10.1. The first-order valence-corrected chi connectivity index (χ1v) is 8.89.